The summed E-state index contributed by atoms with van der Waals surface area (Å²) in [6.07, 6.45) is 5.97. The Hall–Kier alpha value is -0.900. The number of nitrogens with two attached hydrogens (primary N) is 1. The summed E-state index contributed by atoms with van der Waals surface area (Å²) < 4.78 is 5.76. The normalized spacial score (nSPS) is 26.1. The van der Waals surface area contributed by atoms with E-state index in [4.69, 9.17) is 10.2 Å². The molecule has 4 heteroatoms. The quantitative estimate of drug-likeness (QED) is 0.821. The van der Waals surface area contributed by atoms with Crippen molar-refractivity contribution < 1.29 is 4.42 Å². The van der Waals surface area contributed by atoms with Crippen LogP contribution in [-0.2, 0) is 0 Å². The van der Waals surface area contributed by atoms with Crippen LogP contribution in [0.15, 0.2) is 4.42 Å². The fourth-order valence-corrected chi connectivity index (χ4v) is 2.51. The lowest BCUT2D eigenvalue weighted by atomic mass is 9.98. The summed E-state index contributed by atoms with van der Waals surface area (Å²) in [7, 11) is 0. The van der Waals surface area contributed by atoms with Crippen LogP contribution in [0, 0.1) is 5.92 Å². The molecule has 1 fully saturated rings. The van der Waals surface area contributed by atoms with Gasteiger partial charge < -0.3 is 10.2 Å². The van der Waals surface area contributed by atoms with Crippen LogP contribution in [0.25, 0.3) is 0 Å². The van der Waals surface area contributed by atoms with Crippen LogP contribution in [0.2, 0.25) is 0 Å². The Labute approximate surface area is 103 Å². The van der Waals surface area contributed by atoms with E-state index in [1.807, 2.05) is 0 Å². The van der Waals surface area contributed by atoms with Crippen LogP contribution in [0.5, 0.6) is 0 Å². The summed E-state index contributed by atoms with van der Waals surface area (Å²) in [6.45, 7) is 4.97. The van der Waals surface area contributed by atoms with Crippen molar-refractivity contribution in [3.8, 4) is 0 Å². The summed E-state index contributed by atoms with van der Waals surface area (Å²) in [5.74, 6) is 3.06. The fraction of sp³-hybridized carbons (Fsp3) is 0.846. The maximum Gasteiger partial charge on any atom is 0.219 e. The molecule has 2 N–H and O–H groups in total. The lowest BCUT2D eigenvalue weighted by molar-refractivity contribution is 0.381. The third kappa shape index (κ3) is 3.06. The van der Waals surface area contributed by atoms with Crippen molar-refractivity contribution in [2.75, 3.05) is 6.54 Å². The number of hydrogen-bond donors (Lipinski definition) is 1. The summed E-state index contributed by atoms with van der Waals surface area (Å²) in [5.41, 5.74) is 5.75. The highest BCUT2D eigenvalue weighted by Crippen LogP contribution is 2.33. The number of rotatable bonds is 3. The number of nitrogens with zero attached hydrogens (tertiary/aromatic N) is 2. The molecule has 0 saturated heterocycles. The zero-order valence-corrected chi connectivity index (χ0v) is 10.9. The topological polar surface area (TPSA) is 64.9 Å². The van der Waals surface area contributed by atoms with Crippen LogP contribution in [-0.4, -0.2) is 16.7 Å². The first-order chi connectivity index (χ1) is 8.20. The smallest absolute Gasteiger partial charge is 0.219 e. The monoisotopic (exact) mass is 237 g/mol. The molecule has 0 bridgehead atoms. The third-order valence-corrected chi connectivity index (χ3v) is 3.72. The molecule has 0 aliphatic heterocycles. The predicted molar refractivity (Wildman–Crippen MR) is 66.8 cm³/mol. The highest BCUT2D eigenvalue weighted by molar-refractivity contribution is 4.95. The van der Waals surface area contributed by atoms with E-state index in [0.29, 0.717) is 17.8 Å². The Bertz CT molecular complexity index is 348. The van der Waals surface area contributed by atoms with Gasteiger partial charge in [0.1, 0.15) is 0 Å². The van der Waals surface area contributed by atoms with Gasteiger partial charge in [0.05, 0.1) is 0 Å². The maximum absolute atomic E-state index is 5.76. The molecule has 17 heavy (non-hydrogen) atoms. The van der Waals surface area contributed by atoms with Gasteiger partial charge in [-0.3, -0.25) is 0 Å². The van der Waals surface area contributed by atoms with E-state index >= 15 is 0 Å². The molecule has 0 radical (unpaired) electrons. The molecule has 2 rings (SSSR count). The van der Waals surface area contributed by atoms with Gasteiger partial charge >= 0.3 is 0 Å². The van der Waals surface area contributed by atoms with Crippen molar-refractivity contribution >= 4 is 0 Å². The Morgan fingerprint density at radius 1 is 1.24 bits per heavy atom. The van der Waals surface area contributed by atoms with E-state index in [9.17, 15) is 0 Å². The summed E-state index contributed by atoms with van der Waals surface area (Å²) in [6, 6.07) is 0. The average molecular weight is 237 g/mol. The highest BCUT2D eigenvalue weighted by atomic mass is 16.4. The lowest BCUT2D eigenvalue weighted by Gasteiger charge is -2.10. The summed E-state index contributed by atoms with van der Waals surface area (Å²) >= 11 is 0. The van der Waals surface area contributed by atoms with Gasteiger partial charge in [0, 0.05) is 11.8 Å². The first-order valence-electron chi connectivity index (χ1n) is 6.74. The van der Waals surface area contributed by atoms with Gasteiger partial charge in [0.2, 0.25) is 11.8 Å². The molecule has 0 spiro atoms. The number of aromatic nitrogens is 2. The minimum absolute atomic E-state index is 0.318. The van der Waals surface area contributed by atoms with Crippen molar-refractivity contribution in [2.45, 2.75) is 57.8 Å². The summed E-state index contributed by atoms with van der Waals surface area (Å²) in [5, 5.41) is 8.33. The molecular weight excluding hydrogens is 214 g/mol. The second-order valence-electron chi connectivity index (χ2n) is 5.44. The molecule has 1 saturated carbocycles. The fourth-order valence-electron chi connectivity index (χ4n) is 2.51. The molecule has 0 amide bonds. The van der Waals surface area contributed by atoms with Gasteiger partial charge in [-0.15, -0.1) is 10.2 Å². The van der Waals surface area contributed by atoms with E-state index in [2.05, 4.69) is 24.0 Å². The molecule has 0 aromatic carbocycles. The standard InChI is InChI=1S/C13H23N3O/c1-9(2)12-15-16-13(17-12)11-5-3-4-10(8-14)6-7-11/h9-11H,3-8,14H2,1-2H3. The molecule has 1 aromatic heterocycles. The number of hydrogen-bond acceptors (Lipinski definition) is 4. The Kier molecular flexibility index (Phi) is 4.15. The van der Waals surface area contributed by atoms with Crippen LogP contribution >= 0.6 is 0 Å². The van der Waals surface area contributed by atoms with E-state index in [1.54, 1.807) is 0 Å². The second kappa shape index (κ2) is 5.63. The van der Waals surface area contributed by atoms with Gasteiger partial charge in [0.15, 0.2) is 0 Å². The van der Waals surface area contributed by atoms with E-state index in [1.165, 1.54) is 19.3 Å². The van der Waals surface area contributed by atoms with Crippen molar-refractivity contribution in [3.05, 3.63) is 11.8 Å². The highest BCUT2D eigenvalue weighted by Gasteiger charge is 2.24. The maximum atomic E-state index is 5.76. The molecule has 2 atom stereocenters. The van der Waals surface area contributed by atoms with Crippen molar-refractivity contribution in [3.63, 3.8) is 0 Å². The largest absolute Gasteiger partial charge is 0.425 e. The van der Waals surface area contributed by atoms with E-state index < -0.39 is 0 Å². The van der Waals surface area contributed by atoms with Gasteiger partial charge in [-0.05, 0) is 38.1 Å². The van der Waals surface area contributed by atoms with Crippen LogP contribution < -0.4 is 5.73 Å². The van der Waals surface area contributed by atoms with Gasteiger partial charge in [0.25, 0.3) is 0 Å². The first-order valence-corrected chi connectivity index (χ1v) is 6.74. The minimum atomic E-state index is 0.318. The minimum Gasteiger partial charge on any atom is -0.425 e. The van der Waals surface area contributed by atoms with E-state index in [-0.39, 0.29) is 0 Å². The summed E-state index contributed by atoms with van der Waals surface area (Å²) in [4.78, 5) is 0. The lowest BCUT2D eigenvalue weighted by Crippen LogP contribution is -2.13. The molecule has 1 aliphatic carbocycles. The molecule has 1 aromatic rings. The average Bonchev–Trinajstić information content (AvgIpc) is 2.68. The zero-order chi connectivity index (χ0) is 12.3. The van der Waals surface area contributed by atoms with Crippen LogP contribution in [0.4, 0.5) is 0 Å². The van der Waals surface area contributed by atoms with Crippen molar-refractivity contribution in [2.24, 2.45) is 11.7 Å². The molecule has 1 heterocycles. The predicted octanol–water partition coefficient (Wildman–Crippen LogP) is 2.82. The molecule has 1 aliphatic rings. The van der Waals surface area contributed by atoms with Gasteiger partial charge in [-0.1, -0.05) is 20.3 Å². The molecule has 96 valence electrons. The SMILES string of the molecule is CC(C)c1nnc(C2CCCC(CN)CC2)o1. The van der Waals surface area contributed by atoms with Crippen LogP contribution in [0.3, 0.4) is 0 Å². The van der Waals surface area contributed by atoms with Gasteiger partial charge in [-0.2, -0.15) is 0 Å². The third-order valence-electron chi connectivity index (χ3n) is 3.72. The van der Waals surface area contributed by atoms with Crippen LogP contribution in [0.1, 0.15) is 69.6 Å². The molecule has 2 unspecified atom stereocenters. The van der Waals surface area contributed by atoms with Gasteiger partial charge in [-0.25, -0.2) is 0 Å². The Morgan fingerprint density at radius 3 is 2.71 bits per heavy atom. The van der Waals surface area contributed by atoms with E-state index in [0.717, 1.165) is 31.2 Å². The molecule has 4 nitrogen and oxygen atoms in total. The van der Waals surface area contributed by atoms with Crippen molar-refractivity contribution in [1.29, 1.82) is 0 Å². The first kappa shape index (κ1) is 12.6. The molecular formula is C13H23N3O. The Balaban J connectivity index is 2.01. The Morgan fingerprint density at radius 2 is 2.06 bits per heavy atom. The van der Waals surface area contributed by atoms with Crippen molar-refractivity contribution in [1.82, 2.24) is 10.2 Å². The zero-order valence-electron chi connectivity index (χ0n) is 10.9. The second-order valence-corrected chi connectivity index (χ2v) is 5.44.